The van der Waals surface area contributed by atoms with Gasteiger partial charge in [-0.25, -0.2) is 0 Å². The van der Waals surface area contributed by atoms with Crippen molar-refractivity contribution in [3.8, 4) is 0 Å². The SMILES string of the molecule is CCCCCCCCCCCCCC(=O)N(ON(C(=O)CCCCCCCCCCCCC)C(=O)CCCCCCCCCCCCC)C(=O)CCCCCCCCCCCCC. The molecular weight excluding hydrogens is 781 g/mol. The second kappa shape index (κ2) is 49.7. The highest BCUT2D eigenvalue weighted by Gasteiger charge is 2.31. The number of imide groups is 2. The van der Waals surface area contributed by atoms with Gasteiger partial charge in [0.2, 0.25) is 0 Å². The number of hydrogen-bond acceptors (Lipinski definition) is 5. The first kappa shape index (κ1) is 61.2. The molecule has 0 N–H and O–H groups in total. The molecule has 0 aliphatic carbocycles. The van der Waals surface area contributed by atoms with E-state index in [1.165, 1.54) is 180 Å². The summed E-state index contributed by atoms with van der Waals surface area (Å²) in [6.07, 6.45) is 52.2. The summed E-state index contributed by atoms with van der Waals surface area (Å²) in [7, 11) is 0. The molecule has 0 saturated heterocycles. The number of nitrogens with zero attached hydrogens (tertiary/aromatic N) is 2. The number of amides is 4. The molecule has 0 radical (unpaired) electrons. The summed E-state index contributed by atoms with van der Waals surface area (Å²) in [4.78, 5) is 61.1. The van der Waals surface area contributed by atoms with E-state index < -0.39 is 23.6 Å². The Hall–Kier alpha value is -1.76. The quantitative estimate of drug-likeness (QED) is 0.0449. The highest BCUT2D eigenvalue weighted by atomic mass is 16.9. The Kier molecular flexibility index (Phi) is 48.3. The first-order valence-electron chi connectivity index (χ1n) is 28.3. The van der Waals surface area contributed by atoms with Crippen LogP contribution in [0.1, 0.15) is 336 Å². The van der Waals surface area contributed by atoms with E-state index in [4.69, 9.17) is 4.94 Å². The van der Waals surface area contributed by atoms with E-state index in [2.05, 4.69) is 27.7 Å². The molecular formula is C56H108N2O5. The molecule has 7 heteroatoms. The Morgan fingerprint density at radius 3 is 0.492 bits per heavy atom. The lowest BCUT2D eigenvalue weighted by Gasteiger charge is -2.26. The van der Waals surface area contributed by atoms with Crippen molar-refractivity contribution >= 4 is 23.6 Å². The van der Waals surface area contributed by atoms with Crippen LogP contribution in [0.15, 0.2) is 0 Å². The van der Waals surface area contributed by atoms with Gasteiger partial charge in [-0.1, -0.05) is 285 Å². The Morgan fingerprint density at radius 1 is 0.222 bits per heavy atom. The van der Waals surface area contributed by atoms with Gasteiger partial charge in [0.15, 0.2) is 0 Å². The summed E-state index contributed by atoms with van der Waals surface area (Å²) in [5.41, 5.74) is 0. The van der Waals surface area contributed by atoms with E-state index in [0.717, 1.165) is 87.2 Å². The van der Waals surface area contributed by atoms with Gasteiger partial charge in [0.1, 0.15) is 0 Å². The van der Waals surface area contributed by atoms with E-state index in [-0.39, 0.29) is 25.7 Å². The van der Waals surface area contributed by atoms with Crippen molar-refractivity contribution in [1.29, 1.82) is 0 Å². The van der Waals surface area contributed by atoms with Crippen LogP contribution in [0.25, 0.3) is 0 Å². The van der Waals surface area contributed by atoms with Gasteiger partial charge in [-0.15, -0.1) is 15.1 Å². The second-order valence-electron chi connectivity index (χ2n) is 19.4. The fraction of sp³-hybridized carbons (Fsp3) is 0.929. The highest BCUT2D eigenvalue weighted by Crippen LogP contribution is 2.19. The third-order valence-electron chi connectivity index (χ3n) is 13.0. The van der Waals surface area contributed by atoms with Crippen LogP contribution in [-0.4, -0.2) is 33.8 Å². The molecule has 372 valence electrons. The Balaban J connectivity index is 5.39. The molecule has 0 unspecified atom stereocenters. The van der Waals surface area contributed by atoms with Gasteiger partial charge in [-0.3, -0.25) is 19.2 Å². The normalized spacial score (nSPS) is 11.4. The fourth-order valence-corrected chi connectivity index (χ4v) is 8.71. The van der Waals surface area contributed by atoms with E-state index in [1.807, 2.05) is 0 Å². The fourth-order valence-electron chi connectivity index (χ4n) is 8.71. The maximum absolute atomic E-state index is 13.8. The molecule has 0 aliphatic rings. The molecule has 0 aromatic heterocycles. The van der Waals surface area contributed by atoms with E-state index >= 15 is 0 Å². The third-order valence-corrected chi connectivity index (χ3v) is 13.0. The molecule has 0 bridgehead atoms. The minimum atomic E-state index is -0.436. The lowest BCUT2D eigenvalue weighted by atomic mass is 10.0. The third kappa shape index (κ3) is 41.4. The largest absolute Gasteiger partial charge is 0.272 e. The average Bonchev–Trinajstić information content (AvgIpc) is 3.28. The number of hydrogen-bond donors (Lipinski definition) is 0. The maximum atomic E-state index is 13.8. The van der Waals surface area contributed by atoms with Gasteiger partial charge in [-0.2, -0.15) is 0 Å². The Morgan fingerprint density at radius 2 is 0.349 bits per heavy atom. The molecule has 0 aromatic carbocycles. The molecule has 63 heavy (non-hydrogen) atoms. The van der Waals surface area contributed by atoms with Crippen LogP contribution in [0.3, 0.4) is 0 Å². The molecule has 0 saturated carbocycles. The van der Waals surface area contributed by atoms with Gasteiger partial charge in [0.05, 0.1) is 0 Å². The number of carbonyl (C=O) groups excluding carboxylic acids is 4. The summed E-state index contributed by atoms with van der Waals surface area (Å²) in [5.74, 6) is -1.74. The molecule has 4 amide bonds. The van der Waals surface area contributed by atoms with Crippen molar-refractivity contribution in [2.45, 2.75) is 336 Å². The minimum Gasteiger partial charge on any atom is -0.272 e. The van der Waals surface area contributed by atoms with Gasteiger partial charge in [0, 0.05) is 25.7 Å². The molecule has 0 spiro atoms. The van der Waals surface area contributed by atoms with Gasteiger partial charge in [0.25, 0.3) is 23.6 Å². The summed E-state index contributed by atoms with van der Waals surface area (Å²) >= 11 is 0. The van der Waals surface area contributed by atoms with Crippen molar-refractivity contribution in [2.75, 3.05) is 0 Å². The van der Waals surface area contributed by atoms with Crippen molar-refractivity contribution < 1.29 is 24.1 Å². The van der Waals surface area contributed by atoms with Crippen LogP contribution in [0, 0.1) is 0 Å². The summed E-state index contributed by atoms with van der Waals surface area (Å²) < 4.78 is 0. The predicted octanol–water partition coefficient (Wildman–Crippen LogP) is 18.3. The monoisotopic (exact) mass is 889 g/mol. The summed E-state index contributed by atoms with van der Waals surface area (Å²) in [6.45, 7) is 9.01. The van der Waals surface area contributed by atoms with Crippen LogP contribution in [-0.2, 0) is 24.1 Å². The first-order chi connectivity index (χ1) is 30.9. The van der Waals surface area contributed by atoms with Crippen LogP contribution in [0.2, 0.25) is 0 Å². The topological polar surface area (TPSA) is 84.0 Å². The highest BCUT2D eigenvalue weighted by molar-refractivity contribution is 5.96. The maximum Gasteiger partial charge on any atom is 0.255 e. The van der Waals surface area contributed by atoms with Crippen molar-refractivity contribution in [3.05, 3.63) is 0 Å². The van der Waals surface area contributed by atoms with Crippen molar-refractivity contribution in [2.24, 2.45) is 0 Å². The zero-order chi connectivity index (χ0) is 46.1. The molecule has 0 heterocycles. The van der Waals surface area contributed by atoms with Crippen LogP contribution < -0.4 is 0 Å². The standard InChI is InChI=1S/C56H108N2O5/c1-5-9-13-17-21-25-29-33-37-41-45-49-53(59)57(54(60)50-46-42-38-34-30-26-22-18-14-10-6-2)63-58(55(61)51-47-43-39-35-31-27-23-19-15-11-7-3)56(62)52-48-44-40-36-32-28-24-20-16-12-8-4/h5-52H2,1-4H3. The molecule has 0 fully saturated rings. The number of hydroxylamine groups is 4. The Labute approximate surface area is 392 Å². The molecule has 0 aromatic rings. The van der Waals surface area contributed by atoms with E-state index in [0.29, 0.717) is 25.7 Å². The van der Waals surface area contributed by atoms with Crippen LogP contribution in [0.4, 0.5) is 0 Å². The minimum absolute atomic E-state index is 0.175. The number of carbonyl (C=O) groups is 4. The molecule has 0 aliphatic heterocycles. The molecule has 0 rings (SSSR count). The van der Waals surface area contributed by atoms with Crippen LogP contribution >= 0.6 is 0 Å². The zero-order valence-electron chi connectivity index (χ0n) is 42.9. The Bertz CT molecular complexity index is 864. The summed E-state index contributed by atoms with van der Waals surface area (Å²) in [5, 5.41) is 1.62. The lowest BCUT2D eigenvalue weighted by molar-refractivity contribution is -0.277. The van der Waals surface area contributed by atoms with E-state index in [1.54, 1.807) is 0 Å². The number of rotatable bonds is 50. The second-order valence-corrected chi connectivity index (χ2v) is 19.4. The van der Waals surface area contributed by atoms with Gasteiger partial charge >= 0.3 is 0 Å². The van der Waals surface area contributed by atoms with Crippen molar-refractivity contribution in [1.82, 2.24) is 10.1 Å². The van der Waals surface area contributed by atoms with Gasteiger partial charge < -0.3 is 0 Å². The average molecular weight is 889 g/mol. The van der Waals surface area contributed by atoms with Gasteiger partial charge in [-0.05, 0) is 25.7 Å². The predicted molar refractivity (Wildman–Crippen MR) is 269 cm³/mol. The van der Waals surface area contributed by atoms with Crippen molar-refractivity contribution in [3.63, 3.8) is 0 Å². The molecule has 7 nitrogen and oxygen atoms in total. The smallest absolute Gasteiger partial charge is 0.255 e. The molecule has 0 atom stereocenters. The van der Waals surface area contributed by atoms with E-state index in [9.17, 15) is 19.2 Å². The zero-order valence-corrected chi connectivity index (χ0v) is 42.9. The summed E-state index contributed by atoms with van der Waals surface area (Å²) in [6, 6.07) is 0. The first-order valence-corrected chi connectivity index (χ1v) is 28.3. The van der Waals surface area contributed by atoms with Crippen LogP contribution in [0.5, 0.6) is 0 Å². The lowest BCUT2D eigenvalue weighted by Crippen LogP contribution is -2.47. The number of unbranched alkanes of at least 4 members (excludes halogenated alkanes) is 40.